The van der Waals surface area contributed by atoms with E-state index in [0.29, 0.717) is 17.8 Å². The second kappa shape index (κ2) is 3.58. The molecule has 1 heterocycles. The number of fused-ring (bicyclic) bond motifs is 5. The molecule has 0 unspecified atom stereocenters. The predicted octanol–water partition coefficient (Wildman–Crippen LogP) is 4.67. The Labute approximate surface area is 106 Å². The Morgan fingerprint density at radius 3 is 2.71 bits per heavy atom. The van der Waals surface area contributed by atoms with Crippen LogP contribution in [0.3, 0.4) is 0 Å². The van der Waals surface area contributed by atoms with E-state index in [1.165, 1.54) is 12.0 Å². The minimum absolute atomic E-state index is 0.598. The number of hydrogen-bond donors (Lipinski definition) is 0. The van der Waals surface area contributed by atoms with Crippen LogP contribution < -0.4 is 0 Å². The summed E-state index contributed by atoms with van der Waals surface area (Å²) in [7, 11) is 0. The van der Waals surface area contributed by atoms with Crippen LogP contribution >= 0.6 is 11.3 Å². The van der Waals surface area contributed by atoms with Gasteiger partial charge in [-0.05, 0) is 45.9 Å². The summed E-state index contributed by atoms with van der Waals surface area (Å²) in [5.74, 6) is 1.98. The number of thiophene rings is 1. The molecule has 0 amide bonds. The van der Waals surface area contributed by atoms with E-state index in [1.807, 2.05) is 0 Å². The zero-order chi connectivity index (χ0) is 11.2. The summed E-state index contributed by atoms with van der Waals surface area (Å²) in [5.41, 5.74) is 4.64. The largest absolute Gasteiger partial charge is 0.152 e. The Kier molecular flexibility index (Phi) is 2.03. The van der Waals surface area contributed by atoms with Gasteiger partial charge in [0.15, 0.2) is 0 Å². The lowest BCUT2D eigenvalue weighted by Gasteiger charge is -2.24. The molecule has 2 aliphatic rings. The molecule has 17 heavy (non-hydrogen) atoms. The minimum atomic E-state index is 0.598. The van der Waals surface area contributed by atoms with Gasteiger partial charge in [0.05, 0.1) is 0 Å². The van der Waals surface area contributed by atoms with E-state index in [-0.39, 0.29) is 0 Å². The van der Waals surface area contributed by atoms with Crippen LogP contribution in [0.2, 0.25) is 0 Å². The molecule has 1 aromatic carbocycles. The maximum Gasteiger partial charge on any atom is 0.00956 e. The zero-order valence-electron chi connectivity index (χ0n) is 9.54. The van der Waals surface area contributed by atoms with Crippen molar-refractivity contribution in [2.24, 2.45) is 0 Å². The molecule has 3 atom stereocenters. The first-order valence-electron chi connectivity index (χ1n) is 6.23. The second-order valence-electron chi connectivity index (χ2n) is 5.04. The van der Waals surface area contributed by atoms with Crippen molar-refractivity contribution in [1.29, 1.82) is 0 Å². The fourth-order valence-corrected chi connectivity index (χ4v) is 4.14. The molecule has 1 heteroatoms. The molecule has 0 spiro atoms. The van der Waals surface area contributed by atoms with Crippen LogP contribution in [0.4, 0.5) is 0 Å². The van der Waals surface area contributed by atoms with E-state index in [0.717, 1.165) is 0 Å². The average Bonchev–Trinajstić information content (AvgIpc) is 3.00. The lowest BCUT2D eigenvalue weighted by atomic mass is 9.80. The third-order valence-corrected chi connectivity index (χ3v) is 4.92. The average molecular weight is 238 g/mol. The van der Waals surface area contributed by atoms with Gasteiger partial charge < -0.3 is 0 Å². The van der Waals surface area contributed by atoms with E-state index < -0.39 is 0 Å². The summed E-state index contributed by atoms with van der Waals surface area (Å²) < 4.78 is 0. The first-order valence-corrected chi connectivity index (χ1v) is 7.17. The molecule has 0 fully saturated rings. The molecule has 1 aromatic heterocycles. The van der Waals surface area contributed by atoms with Gasteiger partial charge in [0, 0.05) is 11.8 Å². The fraction of sp³-hybridized carbons (Fsp3) is 0.250. The molecule has 0 aliphatic heterocycles. The first kappa shape index (κ1) is 9.67. The lowest BCUT2D eigenvalue weighted by Crippen LogP contribution is -2.08. The van der Waals surface area contributed by atoms with Gasteiger partial charge in [-0.25, -0.2) is 0 Å². The third-order valence-electron chi connectivity index (χ3n) is 4.22. The van der Waals surface area contributed by atoms with E-state index in [2.05, 4.69) is 53.2 Å². The van der Waals surface area contributed by atoms with Crippen LogP contribution in [-0.2, 0) is 0 Å². The van der Waals surface area contributed by atoms with E-state index >= 15 is 0 Å². The van der Waals surface area contributed by atoms with Gasteiger partial charge in [0.1, 0.15) is 0 Å². The third kappa shape index (κ3) is 1.35. The smallest absolute Gasteiger partial charge is 0.00956 e. The molecule has 0 N–H and O–H groups in total. The van der Waals surface area contributed by atoms with Crippen LogP contribution in [0.1, 0.15) is 40.9 Å². The van der Waals surface area contributed by atoms with Crippen molar-refractivity contribution in [2.75, 3.05) is 0 Å². The summed E-state index contributed by atoms with van der Waals surface area (Å²) in [6.07, 6.45) is 6.15. The monoisotopic (exact) mass is 238 g/mol. The molecular weight excluding hydrogens is 224 g/mol. The first-order chi connectivity index (χ1) is 8.43. The van der Waals surface area contributed by atoms with Gasteiger partial charge in [-0.1, -0.05) is 36.4 Å². The molecule has 0 nitrogen and oxygen atoms in total. The van der Waals surface area contributed by atoms with Crippen LogP contribution in [0.25, 0.3) is 0 Å². The molecule has 2 bridgehead atoms. The van der Waals surface area contributed by atoms with Gasteiger partial charge in [-0.2, -0.15) is 11.3 Å². The van der Waals surface area contributed by atoms with Crippen LogP contribution in [0.5, 0.6) is 0 Å². The molecular formula is C16H14S. The van der Waals surface area contributed by atoms with Gasteiger partial charge in [-0.15, -0.1) is 0 Å². The van der Waals surface area contributed by atoms with Crippen molar-refractivity contribution in [3.63, 3.8) is 0 Å². The second-order valence-corrected chi connectivity index (χ2v) is 5.83. The molecule has 0 radical (unpaired) electrons. The zero-order valence-corrected chi connectivity index (χ0v) is 10.4. The minimum Gasteiger partial charge on any atom is -0.152 e. The Hall–Kier alpha value is -1.34. The quantitative estimate of drug-likeness (QED) is 0.633. The highest BCUT2D eigenvalue weighted by Crippen LogP contribution is 2.53. The molecule has 84 valence electrons. The molecule has 2 aromatic rings. The Balaban J connectivity index is 1.84. The van der Waals surface area contributed by atoms with Crippen molar-refractivity contribution in [3.8, 4) is 0 Å². The number of benzene rings is 1. The van der Waals surface area contributed by atoms with E-state index in [9.17, 15) is 0 Å². The van der Waals surface area contributed by atoms with Crippen molar-refractivity contribution in [2.45, 2.75) is 24.2 Å². The standard InChI is InChI=1S/C16H14S/c1-2-4-15-13(3-1)11-5-6-14(16(15)9-11)12-7-8-17-10-12/h1-8,10-11,14,16H,9H2/t11-,14-,16-/m1/s1. The molecule has 0 saturated heterocycles. The Bertz CT molecular complexity index is 565. The number of rotatable bonds is 1. The summed E-state index contributed by atoms with van der Waals surface area (Å²) in [6, 6.07) is 11.3. The molecule has 4 rings (SSSR count). The molecule has 2 aliphatic carbocycles. The summed E-state index contributed by atoms with van der Waals surface area (Å²) in [6.45, 7) is 0. The van der Waals surface area contributed by atoms with Gasteiger partial charge in [-0.3, -0.25) is 0 Å². The topological polar surface area (TPSA) is 0 Å². The fourth-order valence-electron chi connectivity index (χ4n) is 3.43. The van der Waals surface area contributed by atoms with Crippen molar-refractivity contribution < 1.29 is 0 Å². The number of hydrogen-bond acceptors (Lipinski definition) is 1. The normalized spacial score (nSPS) is 29.3. The van der Waals surface area contributed by atoms with E-state index in [1.54, 1.807) is 22.5 Å². The maximum atomic E-state index is 2.43. The highest BCUT2D eigenvalue weighted by molar-refractivity contribution is 7.08. The summed E-state index contributed by atoms with van der Waals surface area (Å²) >= 11 is 1.81. The maximum absolute atomic E-state index is 2.43. The SMILES string of the molecule is C1=C[C@H](c2ccsc2)[C@H]2C[C@@H]1c1ccccc12. The van der Waals surface area contributed by atoms with Crippen molar-refractivity contribution in [1.82, 2.24) is 0 Å². The van der Waals surface area contributed by atoms with Gasteiger partial charge in [0.2, 0.25) is 0 Å². The van der Waals surface area contributed by atoms with Crippen LogP contribution in [-0.4, -0.2) is 0 Å². The van der Waals surface area contributed by atoms with Crippen LogP contribution in [0, 0.1) is 0 Å². The summed E-state index contributed by atoms with van der Waals surface area (Å²) in [4.78, 5) is 0. The van der Waals surface area contributed by atoms with Crippen LogP contribution in [0.15, 0.2) is 53.2 Å². The highest BCUT2D eigenvalue weighted by Gasteiger charge is 2.37. The highest BCUT2D eigenvalue weighted by atomic mass is 32.1. The lowest BCUT2D eigenvalue weighted by molar-refractivity contribution is 0.565. The summed E-state index contributed by atoms with van der Waals surface area (Å²) in [5, 5.41) is 4.49. The van der Waals surface area contributed by atoms with Gasteiger partial charge in [0.25, 0.3) is 0 Å². The van der Waals surface area contributed by atoms with Gasteiger partial charge >= 0.3 is 0 Å². The van der Waals surface area contributed by atoms with E-state index in [4.69, 9.17) is 0 Å². The Morgan fingerprint density at radius 1 is 1.00 bits per heavy atom. The molecule has 0 saturated carbocycles. The van der Waals surface area contributed by atoms with Crippen molar-refractivity contribution in [3.05, 3.63) is 69.9 Å². The number of allylic oxidation sites excluding steroid dienone is 2. The Morgan fingerprint density at radius 2 is 1.88 bits per heavy atom. The van der Waals surface area contributed by atoms with Crippen molar-refractivity contribution >= 4 is 11.3 Å². The predicted molar refractivity (Wildman–Crippen MR) is 72.7 cm³/mol.